The Morgan fingerprint density at radius 3 is 2.55 bits per heavy atom. The fraction of sp³-hybridized carbons (Fsp3) is 0.133. The normalized spacial score (nSPS) is 11.9. The molecule has 0 radical (unpaired) electrons. The third kappa shape index (κ3) is 2.78. The Bertz CT molecular complexity index is 642. The van der Waals surface area contributed by atoms with Crippen molar-refractivity contribution in [1.29, 1.82) is 0 Å². The number of ether oxygens (including phenoxy) is 1. The molecule has 4 nitrogen and oxygen atoms in total. The molecule has 1 amide bonds. The molecule has 0 aliphatic rings. The Hall–Kier alpha value is -2.40. The van der Waals surface area contributed by atoms with E-state index < -0.39 is 17.8 Å². The Morgan fingerprint density at radius 2 is 1.90 bits per heavy atom. The summed E-state index contributed by atoms with van der Waals surface area (Å²) in [5.41, 5.74) is 11.8. The van der Waals surface area contributed by atoms with Crippen molar-refractivity contribution in [3.05, 3.63) is 59.4 Å². The van der Waals surface area contributed by atoms with Crippen LogP contribution in [-0.2, 0) is 0 Å². The van der Waals surface area contributed by atoms with E-state index in [1.54, 1.807) is 37.3 Å². The number of primary amides is 1. The molecule has 4 N–H and O–H groups in total. The van der Waals surface area contributed by atoms with Crippen molar-refractivity contribution in [2.75, 3.05) is 0 Å². The molecule has 20 heavy (non-hydrogen) atoms. The van der Waals surface area contributed by atoms with Crippen LogP contribution in [-0.4, -0.2) is 5.91 Å². The lowest BCUT2D eigenvalue weighted by Gasteiger charge is -2.15. The predicted molar refractivity (Wildman–Crippen MR) is 74.0 cm³/mol. The van der Waals surface area contributed by atoms with E-state index in [9.17, 15) is 9.18 Å². The summed E-state index contributed by atoms with van der Waals surface area (Å²) in [4.78, 5) is 11.3. The molecule has 2 aromatic carbocycles. The van der Waals surface area contributed by atoms with Crippen LogP contribution in [0.5, 0.6) is 11.5 Å². The highest BCUT2D eigenvalue weighted by molar-refractivity contribution is 5.95. The van der Waals surface area contributed by atoms with Gasteiger partial charge in [-0.1, -0.05) is 24.3 Å². The minimum absolute atomic E-state index is 0.0104. The Kier molecular flexibility index (Phi) is 4.00. The molecule has 104 valence electrons. The van der Waals surface area contributed by atoms with Gasteiger partial charge in [-0.05, 0) is 25.1 Å². The van der Waals surface area contributed by atoms with Crippen LogP contribution in [0, 0.1) is 5.82 Å². The number of rotatable bonds is 4. The van der Waals surface area contributed by atoms with Crippen LogP contribution in [0.25, 0.3) is 0 Å². The molecule has 2 rings (SSSR count). The van der Waals surface area contributed by atoms with E-state index >= 15 is 0 Å². The lowest BCUT2D eigenvalue weighted by atomic mass is 10.1. The van der Waals surface area contributed by atoms with Gasteiger partial charge in [0, 0.05) is 11.6 Å². The van der Waals surface area contributed by atoms with E-state index in [0.717, 1.165) is 0 Å². The number of amides is 1. The van der Waals surface area contributed by atoms with Crippen LogP contribution in [0.1, 0.15) is 28.9 Å². The van der Waals surface area contributed by atoms with Gasteiger partial charge in [0.05, 0.1) is 5.56 Å². The first-order valence-electron chi connectivity index (χ1n) is 6.11. The van der Waals surface area contributed by atoms with Crippen molar-refractivity contribution in [2.24, 2.45) is 11.5 Å². The Balaban J connectivity index is 2.48. The second-order valence-electron chi connectivity index (χ2n) is 4.41. The van der Waals surface area contributed by atoms with E-state index in [-0.39, 0.29) is 17.1 Å². The molecule has 0 spiro atoms. The second-order valence-corrected chi connectivity index (χ2v) is 4.41. The zero-order valence-corrected chi connectivity index (χ0v) is 11.0. The van der Waals surface area contributed by atoms with Gasteiger partial charge >= 0.3 is 0 Å². The van der Waals surface area contributed by atoms with Crippen LogP contribution in [0.2, 0.25) is 0 Å². The van der Waals surface area contributed by atoms with Gasteiger partial charge in [-0.15, -0.1) is 0 Å². The molecular formula is C15H15FN2O2. The zero-order valence-electron chi connectivity index (χ0n) is 11.0. The maximum Gasteiger partial charge on any atom is 0.252 e. The van der Waals surface area contributed by atoms with E-state index in [4.69, 9.17) is 16.2 Å². The van der Waals surface area contributed by atoms with Crippen molar-refractivity contribution in [3.8, 4) is 11.5 Å². The summed E-state index contributed by atoms with van der Waals surface area (Å²) in [5.74, 6) is -0.971. The molecular weight excluding hydrogens is 259 g/mol. The molecule has 0 aliphatic carbocycles. The number of nitrogens with two attached hydrogens (primary N) is 2. The first kappa shape index (κ1) is 14.0. The Labute approximate surface area is 116 Å². The average Bonchev–Trinajstić information content (AvgIpc) is 2.41. The summed E-state index contributed by atoms with van der Waals surface area (Å²) in [5, 5.41) is 0. The van der Waals surface area contributed by atoms with Gasteiger partial charge in [-0.25, -0.2) is 4.39 Å². The number of benzene rings is 2. The predicted octanol–water partition coefficient (Wildman–Crippen LogP) is 2.74. The molecule has 1 atom stereocenters. The fourth-order valence-corrected chi connectivity index (χ4v) is 1.86. The summed E-state index contributed by atoms with van der Waals surface area (Å²) >= 11 is 0. The van der Waals surface area contributed by atoms with E-state index in [1.165, 1.54) is 12.1 Å². The standard InChI is InChI=1S/C15H15FN2O2/c1-9(17)10-6-4-7-12(16)14(10)20-13-8-3-2-5-11(13)15(18)19/h2-9H,17H2,1H3,(H2,18,19)/t9-/m1/s1. The molecule has 0 bridgehead atoms. The van der Waals surface area contributed by atoms with Crippen molar-refractivity contribution in [2.45, 2.75) is 13.0 Å². The number of para-hydroxylation sites is 2. The van der Waals surface area contributed by atoms with Crippen molar-refractivity contribution in [3.63, 3.8) is 0 Å². The van der Waals surface area contributed by atoms with Crippen LogP contribution in [0.3, 0.4) is 0 Å². The third-order valence-electron chi connectivity index (χ3n) is 2.85. The number of carbonyl (C=O) groups is 1. The van der Waals surface area contributed by atoms with Crippen molar-refractivity contribution >= 4 is 5.91 Å². The van der Waals surface area contributed by atoms with E-state index in [2.05, 4.69) is 0 Å². The van der Waals surface area contributed by atoms with Gasteiger partial charge in [-0.3, -0.25) is 4.79 Å². The first-order chi connectivity index (χ1) is 9.50. The Morgan fingerprint density at radius 1 is 1.20 bits per heavy atom. The third-order valence-corrected chi connectivity index (χ3v) is 2.85. The summed E-state index contributed by atoms with van der Waals surface area (Å²) in [7, 11) is 0. The van der Waals surface area contributed by atoms with Crippen molar-refractivity contribution < 1.29 is 13.9 Å². The van der Waals surface area contributed by atoms with E-state index in [0.29, 0.717) is 5.56 Å². The highest BCUT2D eigenvalue weighted by Crippen LogP contribution is 2.32. The number of hydrogen-bond acceptors (Lipinski definition) is 3. The maximum absolute atomic E-state index is 13.9. The molecule has 0 saturated carbocycles. The first-order valence-corrected chi connectivity index (χ1v) is 6.11. The zero-order chi connectivity index (χ0) is 14.7. The minimum Gasteiger partial charge on any atom is -0.453 e. The van der Waals surface area contributed by atoms with Crippen molar-refractivity contribution in [1.82, 2.24) is 0 Å². The monoisotopic (exact) mass is 274 g/mol. The lowest BCUT2D eigenvalue weighted by molar-refractivity contribution is 0.0998. The number of halogens is 1. The summed E-state index contributed by atoms with van der Waals surface area (Å²) < 4.78 is 19.5. The van der Waals surface area contributed by atoms with Crippen LogP contribution in [0.4, 0.5) is 4.39 Å². The SMILES string of the molecule is C[C@@H](N)c1cccc(F)c1Oc1ccccc1C(N)=O. The fourth-order valence-electron chi connectivity index (χ4n) is 1.86. The second kappa shape index (κ2) is 5.71. The molecule has 2 aromatic rings. The molecule has 0 aromatic heterocycles. The number of carbonyl (C=O) groups excluding carboxylic acids is 1. The highest BCUT2D eigenvalue weighted by atomic mass is 19.1. The van der Waals surface area contributed by atoms with Gasteiger partial charge < -0.3 is 16.2 Å². The largest absolute Gasteiger partial charge is 0.453 e. The molecule has 0 heterocycles. The minimum atomic E-state index is -0.640. The molecule has 0 unspecified atom stereocenters. The maximum atomic E-state index is 13.9. The molecule has 0 saturated heterocycles. The quantitative estimate of drug-likeness (QED) is 0.899. The summed E-state index contributed by atoms with van der Waals surface area (Å²) in [6.45, 7) is 1.72. The topological polar surface area (TPSA) is 78.3 Å². The van der Waals surface area contributed by atoms with Crippen LogP contribution < -0.4 is 16.2 Å². The van der Waals surface area contributed by atoms with Gasteiger partial charge in [0.15, 0.2) is 11.6 Å². The van der Waals surface area contributed by atoms with Gasteiger partial charge in [0.25, 0.3) is 5.91 Å². The van der Waals surface area contributed by atoms with Gasteiger partial charge in [0.1, 0.15) is 5.75 Å². The molecule has 0 fully saturated rings. The van der Waals surface area contributed by atoms with Crippen LogP contribution in [0.15, 0.2) is 42.5 Å². The number of hydrogen-bond donors (Lipinski definition) is 2. The smallest absolute Gasteiger partial charge is 0.252 e. The summed E-state index contributed by atoms with van der Waals surface area (Å²) in [6, 6.07) is 10.5. The highest BCUT2D eigenvalue weighted by Gasteiger charge is 2.16. The summed E-state index contributed by atoms with van der Waals surface area (Å²) in [6.07, 6.45) is 0. The average molecular weight is 274 g/mol. The molecule has 5 heteroatoms. The van der Waals surface area contributed by atoms with Gasteiger partial charge in [-0.2, -0.15) is 0 Å². The lowest BCUT2D eigenvalue weighted by Crippen LogP contribution is -2.13. The van der Waals surface area contributed by atoms with Crippen LogP contribution >= 0.6 is 0 Å². The van der Waals surface area contributed by atoms with Gasteiger partial charge in [0.2, 0.25) is 0 Å². The molecule has 0 aliphatic heterocycles. The van der Waals surface area contributed by atoms with E-state index in [1.807, 2.05) is 0 Å².